The van der Waals surface area contributed by atoms with Gasteiger partial charge in [0.15, 0.2) is 0 Å². The molecule has 0 spiro atoms. The number of aryl methyl sites for hydroxylation is 2. The molecule has 0 saturated heterocycles. The first kappa shape index (κ1) is 14.3. The van der Waals surface area contributed by atoms with E-state index >= 15 is 0 Å². The normalized spacial score (nSPS) is 12.4. The fraction of sp³-hybridized carbons (Fsp3) is 0.294. The van der Waals surface area contributed by atoms with E-state index in [9.17, 15) is 0 Å². The van der Waals surface area contributed by atoms with Crippen molar-refractivity contribution in [3.63, 3.8) is 0 Å². The molecule has 0 radical (unpaired) electrons. The SMILES string of the molecule is CCNC(c1cccc(Br)c1)c1cc(C)ccc1C. The van der Waals surface area contributed by atoms with E-state index in [1.165, 1.54) is 22.3 Å². The summed E-state index contributed by atoms with van der Waals surface area (Å²) in [6, 6.07) is 15.4. The molecule has 2 aromatic rings. The van der Waals surface area contributed by atoms with Gasteiger partial charge in [0.2, 0.25) is 0 Å². The topological polar surface area (TPSA) is 12.0 Å². The van der Waals surface area contributed by atoms with Gasteiger partial charge < -0.3 is 5.32 Å². The molecule has 0 aliphatic heterocycles. The van der Waals surface area contributed by atoms with Crippen LogP contribution in [0.15, 0.2) is 46.9 Å². The summed E-state index contributed by atoms with van der Waals surface area (Å²) in [6.45, 7) is 7.42. The highest BCUT2D eigenvalue weighted by molar-refractivity contribution is 9.10. The Morgan fingerprint density at radius 2 is 1.89 bits per heavy atom. The largest absolute Gasteiger partial charge is 0.307 e. The van der Waals surface area contributed by atoms with E-state index in [-0.39, 0.29) is 6.04 Å². The van der Waals surface area contributed by atoms with Gasteiger partial charge in [-0.05, 0) is 49.2 Å². The first-order valence-corrected chi connectivity index (χ1v) is 7.47. The molecule has 1 nitrogen and oxygen atoms in total. The fourth-order valence-corrected chi connectivity index (χ4v) is 2.79. The van der Waals surface area contributed by atoms with Gasteiger partial charge in [-0.3, -0.25) is 0 Å². The van der Waals surface area contributed by atoms with Crippen LogP contribution in [-0.4, -0.2) is 6.54 Å². The third-order valence-corrected chi connectivity index (χ3v) is 3.83. The van der Waals surface area contributed by atoms with Crippen LogP contribution in [0.5, 0.6) is 0 Å². The van der Waals surface area contributed by atoms with Crippen molar-refractivity contribution in [2.75, 3.05) is 6.54 Å². The Morgan fingerprint density at radius 1 is 1.11 bits per heavy atom. The third kappa shape index (κ3) is 3.46. The highest BCUT2D eigenvalue weighted by atomic mass is 79.9. The minimum Gasteiger partial charge on any atom is -0.307 e. The first-order valence-electron chi connectivity index (χ1n) is 6.68. The summed E-state index contributed by atoms with van der Waals surface area (Å²) < 4.78 is 1.12. The Balaban J connectivity index is 2.48. The summed E-state index contributed by atoms with van der Waals surface area (Å²) in [5, 5.41) is 3.59. The smallest absolute Gasteiger partial charge is 0.0579 e. The molecular formula is C17H20BrN. The molecule has 2 rings (SSSR count). The number of rotatable bonds is 4. The number of nitrogens with one attached hydrogen (secondary N) is 1. The van der Waals surface area contributed by atoms with Crippen LogP contribution in [0.25, 0.3) is 0 Å². The lowest BCUT2D eigenvalue weighted by Gasteiger charge is -2.21. The maximum absolute atomic E-state index is 3.59. The van der Waals surface area contributed by atoms with E-state index in [0.29, 0.717) is 0 Å². The molecule has 1 unspecified atom stereocenters. The molecule has 100 valence electrons. The summed E-state index contributed by atoms with van der Waals surface area (Å²) in [5.41, 5.74) is 5.29. The summed E-state index contributed by atoms with van der Waals surface area (Å²) in [5.74, 6) is 0. The van der Waals surface area contributed by atoms with Crippen LogP contribution in [0.2, 0.25) is 0 Å². The summed E-state index contributed by atoms with van der Waals surface area (Å²) in [7, 11) is 0. The van der Waals surface area contributed by atoms with Crippen LogP contribution >= 0.6 is 15.9 Å². The molecule has 1 atom stereocenters. The maximum Gasteiger partial charge on any atom is 0.0579 e. The highest BCUT2D eigenvalue weighted by Crippen LogP contribution is 2.27. The molecule has 1 N–H and O–H groups in total. The Hall–Kier alpha value is -1.12. The average Bonchev–Trinajstić information content (AvgIpc) is 2.39. The number of hydrogen-bond acceptors (Lipinski definition) is 1. The van der Waals surface area contributed by atoms with Crippen LogP contribution in [0, 0.1) is 13.8 Å². The van der Waals surface area contributed by atoms with Crippen LogP contribution in [-0.2, 0) is 0 Å². The Bertz CT molecular complexity index is 563. The number of hydrogen-bond donors (Lipinski definition) is 1. The van der Waals surface area contributed by atoms with Crippen molar-refractivity contribution >= 4 is 15.9 Å². The van der Waals surface area contributed by atoms with Gasteiger partial charge in [0.05, 0.1) is 6.04 Å². The second kappa shape index (κ2) is 6.36. The average molecular weight is 318 g/mol. The van der Waals surface area contributed by atoms with Gasteiger partial charge in [0.1, 0.15) is 0 Å². The van der Waals surface area contributed by atoms with E-state index in [0.717, 1.165) is 11.0 Å². The van der Waals surface area contributed by atoms with E-state index in [1.807, 2.05) is 0 Å². The van der Waals surface area contributed by atoms with Crippen molar-refractivity contribution in [2.45, 2.75) is 26.8 Å². The molecule has 0 aliphatic carbocycles. The lowest BCUT2D eigenvalue weighted by Crippen LogP contribution is -2.22. The van der Waals surface area contributed by atoms with Crippen molar-refractivity contribution in [3.05, 3.63) is 69.2 Å². The van der Waals surface area contributed by atoms with Crippen LogP contribution in [0.4, 0.5) is 0 Å². The van der Waals surface area contributed by atoms with Gasteiger partial charge in [-0.15, -0.1) is 0 Å². The second-order valence-electron chi connectivity index (χ2n) is 4.91. The number of halogens is 1. The Morgan fingerprint density at radius 3 is 2.58 bits per heavy atom. The van der Waals surface area contributed by atoms with Crippen LogP contribution in [0.1, 0.15) is 35.2 Å². The monoisotopic (exact) mass is 317 g/mol. The standard InChI is InChI=1S/C17H20BrN/c1-4-19-17(14-6-5-7-15(18)11-14)16-10-12(2)8-9-13(16)3/h5-11,17,19H,4H2,1-3H3. The zero-order chi connectivity index (χ0) is 13.8. The molecule has 2 aromatic carbocycles. The van der Waals surface area contributed by atoms with Crippen molar-refractivity contribution < 1.29 is 0 Å². The van der Waals surface area contributed by atoms with E-state index in [1.54, 1.807) is 0 Å². The van der Waals surface area contributed by atoms with Gasteiger partial charge in [0, 0.05) is 4.47 Å². The van der Waals surface area contributed by atoms with Gasteiger partial charge in [0.25, 0.3) is 0 Å². The number of benzene rings is 2. The summed E-state index contributed by atoms with van der Waals surface area (Å²) in [4.78, 5) is 0. The molecular weight excluding hydrogens is 298 g/mol. The molecule has 0 fully saturated rings. The molecule has 0 amide bonds. The third-order valence-electron chi connectivity index (χ3n) is 3.34. The predicted molar refractivity (Wildman–Crippen MR) is 85.6 cm³/mol. The Kier molecular flexibility index (Phi) is 4.78. The minimum atomic E-state index is 0.252. The van der Waals surface area contributed by atoms with E-state index < -0.39 is 0 Å². The summed E-state index contributed by atoms with van der Waals surface area (Å²) in [6.07, 6.45) is 0. The van der Waals surface area contributed by atoms with E-state index in [2.05, 4.69) is 84.5 Å². The fourth-order valence-electron chi connectivity index (χ4n) is 2.37. The highest BCUT2D eigenvalue weighted by Gasteiger charge is 2.15. The summed E-state index contributed by atoms with van der Waals surface area (Å²) >= 11 is 3.56. The van der Waals surface area contributed by atoms with Crippen LogP contribution < -0.4 is 5.32 Å². The molecule has 2 heteroatoms. The van der Waals surface area contributed by atoms with Crippen LogP contribution in [0.3, 0.4) is 0 Å². The molecule has 0 saturated carbocycles. The quantitative estimate of drug-likeness (QED) is 0.856. The molecule has 0 bridgehead atoms. The van der Waals surface area contributed by atoms with Crippen molar-refractivity contribution in [2.24, 2.45) is 0 Å². The van der Waals surface area contributed by atoms with Crippen molar-refractivity contribution in [1.82, 2.24) is 5.32 Å². The van der Waals surface area contributed by atoms with E-state index in [4.69, 9.17) is 0 Å². The second-order valence-corrected chi connectivity index (χ2v) is 5.82. The predicted octanol–water partition coefficient (Wildman–Crippen LogP) is 4.76. The van der Waals surface area contributed by atoms with Gasteiger partial charge in [-0.25, -0.2) is 0 Å². The lowest BCUT2D eigenvalue weighted by atomic mass is 9.93. The zero-order valence-electron chi connectivity index (χ0n) is 11.7. The molecule has 0 heterocycles. The Labute approximate surface area is 124 Å². The maximum atomic E-state index is 3.59. The first-order chi connectivity index (χ1) is 9.11. The van der Waals surface area contributed by atoms with Gasteiger partial charge in [-0.1, -0.05) is 58.7 Å². The molecule has 0 aliphatic rings. The van der Waals surface area contributed by atoms with Gasteiger partial charge >= 0.3 is 0 Å². The zero-order valence-corrected chi connectivity index (χ0v) is 13.3. The van der Waals surface area contributed by atoms with Gasteiger partial charge in [-0.2, -0.15) is 0 Å². The molecule has 19 heavy (non-hydrogen) atoms. The van der Waals surface area contributed by atoms with Crippen molar-refractivity contribution in [1.29, 1.82) is 0 Å². The minimum absolute atomic E-state index is 0.252. The lowest BCUT2D eigenvalue weighted by molar-refractivity contribution is 0.627. The molecule has 0 aromatic heterocycles. The van der Waals surface area contributed by atoms with Crippen molar-refractivity contribution in [3.8, 4) is 0 Å².